The number of benzene rings is 1. The smallest absolute Gasteiger partial charge is 0.239 e. The molecule has 82 valence electrons. The van der Waals surface area contributed by atoms with Crippen LogP contribution in [0.15, 0.2) is 18.2 Å². The highest BCUT2D eigenvalue weighted by Gasteiger charge is 2.20. The molecule has 0 aliphatic heterocycles. The summed E-state index contributed by atoms with van der Waals surface area (Å²) >= 11 is 0. The van der Waals surface area contributed by atoms with E-state index in [2.05, 4.69) is 5.32 Å². The molecule has 0 aliphatic carbocycles. The fraction of sp³-hybridized carbons (Fsp3) is 0.300. The standard InChI is InChI=1S/C10H12F2N2O/c1-2-14-9(10(13)15)7-5-6(11)3-4-8(7)12/h3-5,9,14H,2H2,1H3,(H2,13,15). The number of primary amides is 1. The first-order chi connectivity index (χ1) is 7.06. The van der Waals surface area contributed by atoms with E-state index >= 15 is 0 Å². The summed E-state index contributed by atoms with van der Waals surface area (Å²) in [5.74, 6) is -1.99. The Morgan fingerprint density at radius 2 is 2.20 bits per heavy atom. The van der Waals surface area contributed by atoms with Gasteiger partial charge in [-0.25, -0.2) is 8.78 Å². The van der Waals surface area contributed by atoms with Gasteiger partial charge in [0.1, 0.15) is 17.7 Å². The van der Waals surface area contributed by atoms with E-state index < -0.39 is 23.6 Å². The van der Waals surface area contributed by atoms with Gasteiger partial charge in [-0.3, -0.25) is 4.79 Å². The zero-order valence-electron chi connectivity index (χ0n) is 8.26. The summed E-state index contributed by atoms with van der Waals surface area (Å²) in [6.45, 7) is 2.18. The molecular weight excluding hydrogens is 202 g/mol. The topological polar surface area (TPSA) is 55.1 Å². The molecule has 1 rings (SSSR count). The van der Waals surface area contributed by atoms with Crippen LogP contribution in [0.3, 0.4) is 0 Å². The maximum Gasteiger partial charge on any atom is 0.239 e. The summed E-state index contributed by atoms with van der Waals surface area (Å²) < 4.78 is 26.2. The Hall–Kier alpha value is -1.49. The summed E-state index contributed by atoms with van der Waals surface area (Å²) in [6, 6.07) is 1.93. The second-order valence-electron chi connectivity index (χ2n) is 3.06. The minimum atomic E-state index is -0.995. The highest BCUT2D eigenvalue weighted by Crippen LogP contribution is 2.17. The molecule has 15 heavy (non-hydrogen) atoms. The van der Waals surface area contributed by atoms with Gasteiger partial charge in [0.15, 0.2) is 0 Å². The Balaban J connectivity index is 3.09. The summed E-state index contributed by atoms with van der Waals surface area (Å²) in [6.07, 6.45) is 0. The lowest BCUT2D eigenvalue weighted by Crippen LogP contribution is -2.34. The Kier molecular flexibility index (Phi) is 3.74. The van der Waals surface area contributed by atoms with Crippen molar-refractivity contribution in [3.05, 3.63) is 35.4 Å². The summed E-state index contributed by atoms with van der Waals surface area (Å²) in [5, 5.41) is 2.69. The van der Waals surface area contributed by atoms with Gasteiger partial charge < -0.3 is 11.1 Å². The first kappa shape index (κ1) is 11.6. The molecule has 1 aromatic carbocycles. The molecular formula is C10H12F2N2O. The number of carbonyl (C=O) groups excluding carboxylic acids is 1. The molecule has 0 saturated heterocycles. The van der Waals surface area contributed by atoms with Crippen molar-refractivity contribution in [1.29, 1.82) is 0 Å². The molecule has 3 N–H and O–H groups in total. The number of halogens is 2. The lowest BCUT2D eigenvalue weighted by molar-refractivity contribution is -0.120. The number of rotatable bonds is 4. The third-order valence-corrected chi connectivity index (χ3v) is 1.96. The van der Waals surface area contributed by atoms with Crippen LogP contribution in [0.1, 0.15) is 18.5 Å². The van der Waals surface area contributed by atoms with Crippen LogP contribution in [-0.2, 0) is 4.79 Å². The van der Waals surface area contributed by atoms with Crippen molar-refractivity contribution in [1.82, 2.24) is 5.32 Å². The zero-order valence-corrected chi connectivity index (χ0v) is 8.26. The molecule has 0 radical (unpaired) electrons. The van der Waals surface area contributed by atoms with Crippen LogP contribution in [0.5, 0.6) is 0 Å². The lowest BCUT2D eigenvalue weighted by atomic mass is 10.1. The van der Waals surface area contributed by atoms with E-state index in [0.29, 0.717) is 6.54 Å². The van der Waals surface area contributed by atoms with Crippen LogP contribution in [0.2, 0.25) is 0 Å². The summed E-state index contributed by atoms with van der Waals surface area (Å²) in [4.78, 5) is 11.0. The van der Waals surface area contributed by atoms with E-state index in [-0.39, 0.29) is 5.56 Å². The monoisotopic (exact) mass is 214 g/mol. The van der Waals surface area contributed by atoms with Gasteiger partial charge in [0.2, 0.25) is 5.91 Å². The van der Waals surface area contributed by atoms with Crippen molar-refractivity contribution in [2.24, 2.45) is 5.73 Å². The molecule has 5 heteroatoms. The van der Waals surface area contributed by atoms with Crippen molar-refractivity contribution in [2.45, 2.75) is 13.0 Å². The molecule has 3 nitrogen and oxygen atoms in total. The number of nitrogens with one attached hydrogen (secondary N) is 1. The second-order valence-corrected chi connectivity index (χ2v) is 3.06. The van der Waals surface area contributed by atoms with Crippen molar-refractivity contribution in [3.8, 4) is 0 Å². The van der Waals surface area contributed by atoms with Crippen LogP contribution in [0, 0.1) is 11.6 Å². The minimum absolute atomic E-state index is 0.0654. The van der Waals surface area contributed by atoms with Crippen molar-refractivity contribution in [2.75, 3.05) is 6.54 Å². The molecule has 1 aromatic rings. The number of carbonyl (C=O) groups is 1. The molecule has 1 unspecified atom stereocenters. The maximum atomic E-state index is 13.3. The van der Waals surface area contributed by atoms with E-state index in [9.17, 15) is 13.6 Å². The van der Waals surface area contributed by atoms with E-state index in [1.807, 2.05) is 0 Å². The summed E-state index contributed by atoms with van der Waals surface area (Å²) in [7, 11) is 0. The lowest BCUT2D eigenvalue weighted by Gasteiger charge is -2.15. The molecule has 0 aromatic heterocycles. The number of nitrogens with two attached hydrogens (primary N) is 1. The Morgan fingerprint density at radius 1 is 1.53 bits per heavy atom. The molecule has 0 heterocycles. The second kappa shape index (κ2) is 4.84. The van der Waals surface area contributed by atoms with Crippen LogP contribution in [-0.4, -0.2) is 12.5 Å². The number of amides is 1. The van der Waals surface area contributed by atoms with E-state index in [1.165, 1.54) is 0 Å². The van der Waals surface area contributed by atoms with Gasteiger partial charge in [-0.15, -0.1) is 0 Å². The number of hydrogen-bond donors (Lipinski definition) is 2. The van der Waals surface area contributed by atoms with Crippen LogP contribution in [0.4, 0.5) is 8.78 Å². The fourth-order valence-corrected chi connectivity index (χ4v) is 1.30. The predicted octanol–water partition coefficient (Wildman–Crippen LogP) is 1.10. The van der Waals surface area contributed by atoms with Crippen molar-refractivity contribution >= 4 is 5.91 Å². The fourth-order valence-electron chi connectivity index (χ4n) is 1.30. The van der Waals surface area contributed by atoms with E-state index in [1.54, 1.807) is 6.92 Å². The largest absolute Gasteiger partial charge is 0.368 e. The van der Waals surface area contributed by atoms with Gasteiger partial charge in [0, 0.05) is 5.56 Å². The molecule has 0 saturated carbocycles. The molecule has 0 spiro atoms. The molecule has 0 bridgehead atoms. The quantitative estimate of drug-likeness (QED) is 0.788. The van der Waals surface area contributed by atoms with Crippen LogP contribution < -0.4 is 11.1 Å². The van der Waals surface area contributed by atoms with Crippen molar-refractivity contribution < 1.29 is 13.6 Å². The molecule has 1 atom stereocenters. The Labute approximate surface area is 86.3 Å². The molecule has 0 fully saturated rings. The highest BCUT2D eigenvalue weighted by atomic mass is 19.1. The van der Waals surface area contributed by atoms with Crippen LogP contribution in [0.25, 0.3) is 0 Å². The third-order valence-electron chi connectivity index (χ3n) is 1.96. The SMILES string of the molecule is CCNC(C(N)=O)c1cc(F)ccc1F. The van der Waals surface area contributed by atoms with Gasteiger partial charge in [-0.1, -0.05) is 6.92 Å². The van der Waals surface area contributed by atoms with Gasteiger partial charge in [-0.2, -0.15) is 0 Å². The number of hydrogen-bond acceptors (Lipinski definition) is 2. The molecule has 0 aliphatic rings. The summed E-state index contributed by atoms with van der Waals surface area (Å²) in [5.41, 5.74) is 5.02. The van der Waals surface area contributed by atoms with Crippen LogP contribution >= 0.6 is 0 Å². The van der Waals surface area contributed by atoms with Crippen molar-refractivity contribution in [3.63, 3.8) is 0 Å². The molecule has 1 amide bonds. The maximum absolute atomic E-state index is 13.3. The van der Waals surface area contributed by atoms with Gasteiger partial charge in [-0.05, 0) is 24.7 Å². The minimum Gasteiger partial charge on any atom is -0.368 e. The average molecular weight is 214 g/mol. The van der Waals surface area contributed by atoms with Gasteiger partial charge >= 0.3 is 0 Å². The number of likely N-dealkylation sites (N-methyl/N-ethyl adjacent to an activating group) is 1. The van der Waals surface area contributed by atoms with E-state index in [4.69, 9.17) is 5.73 Å². The van der Waals surface area contributed by atoms with Gasteiger partial charge in [0.25, 0.3) is 0 Å². The average Bonchev–Trinajstić information content (AvgIpc) is 2.18. The Morgan fingerprint density at radius 3 is 2.73 bits per heavy atom. The third kappa shape index (κ3) is 2.73. The normalized spacial score (nSPS) is 12.5. The Bertz CT molecular complexity index is 368. The first-order valence-electron chi connectivity index (χ1n) is 4.54. The predicted molar refractivity (Wildman–Crippen MR) is 52.0 cm³/mol. The zero-order chi connectivity index (χ0) is 11.4. The van der Waals surface area contributed by atoms with Gasteiger partial charge in [0.05, 0.1) is 0 Å². The first-order valence-corrected chi connectivity index (χ1v) is 4.54. The van der Waals surface area contributed by atoms with E-state index in [0.717, 1.165) is 18.2 Å². The highest BCUT2D eigenvalue weighted by molar-refractivity contribution is 5.81.